The first-order valence-corrected chi connectivity index (χ1v) is 7.23. The number of rotatable bonds is 2. The van der Waals surface area contributed by atoms with Crippen molar-refractivity contribution in [1.82, 2.24) is 19.2 Å². The molecule has 0 aliphatic rings. The lowest BCUT2D eigenvalue weighted by Gasteiger charge is -2.05. The molecule has 6 heteroatoms. The molecule has 0 fully saturated rings. The summed E-state index contributed by atoms with van der Waals surface area (Å²) in [6, 6.07) is 13.9. The summed E-state index contributed by atoms with van der Waals surface area (Å²) >= 11 is 0. The molecule has 4 rings (SSSR count). The van der Waals surface area contributed by atoms with E-state index in [1.54, 1.807) is 23.5 Å². The maximum Gasteiger partial charge on any atom is 0.281 e. The van der Waals surface area contributed by atoms with Crippen LogP contribution in [-0.4, -0.2) is 19.2 Å². The molecule has 0 aliphatic carbocycles. The molecule has 0 saturated carbocycles. The predicted molar refractivity (Wildman–Crippen MR) is 85.0 cm³/mol. The summed E-state index contributed by atoms with van der Waals surface area (Å²) in [5, 5.41) is 8.15. The summed E-state index contributed by atoms with van der Waals surface area (Å²) in [4.78, 5) is 12.5. The first-order valence-electron chi connectivity index (χ1n) is 7.23. The molecule has 0 saturated heterocycles. The highest BCUT2D eigenvalue weighted by atomic mass is 19.1. The van der Waals surface area contributed by atoms with Gasteiger partial charge in [0, 0.05) is 0 Å². The van der Waals surface area contributed by atoms with Crippen molar-refractivity contribution < 1.29 is 4.39 Å². The van der Waals surface area contributed by atoms with Gasteiger partial charge in [0.05, 0.1) is 17.6 Å². The highest BCUT2D eigenvalue weighted by Crippen LogP contribution is 2.19. The maximum absolute atomic E-state index is 13.1. The van der Waals surface area contributed by atoms with E-state index in [0.717, 1.165) is 16.6 Å². The van der Waals surface area contributed by atoms with Crippen LogP contribution in [0.3, 0.4) is 0 Å². The van der Waals surface area contributed by atoms with Gasteiger partial charge in [-0.05, 0) is 36.8 Å². The van der Waals surface area contributed by atoms with E-state index in [-0.39, 0.29) is 11.4 Å². The Hall–Kier alpha value is -3.02. The molecule has 2 aromatic carbocycles. The van der Waals surface area contributed by atoms with Gasteiger partial charge in [-0.15, -0.1) is 10.2 Å². The average Bonchev–Trinajstić information content (AvgIpc) is 2.88. The topological polar surface area (TPSA) is 52.2 Å². The van der Waals surface area contributed by atoms with Crippen LogP contribution in [0.1, 0.15) is 11.3 Å². The van der Waals surface area contributed by atoms with E-state index in [1.807, 2.05) is 28.8 Å². The van der Waals surface area contributed by atoms with Crippen LogP contribution in [0.15, 0.2) is 53.3 Å². The van der Waals surface area contributed by atoms with Gasteiger partial charge < -0.3 is 4.57 Å². The molecular weight excluding hydrogens is 295 g/mol. The van der Waals surface area contributed by atoms with Gasteiger partial charge in [0.2, 0.25) is 5.78 Å². The van der Waals surface area contributed by atoms with Crippen molar-refractivity contribution in [3.63, 3.8) is 0 Å². The van der Waals surface area contributed by atoms with Crippen LogP contribution in [-0.2, 0) is 6.54 Å². The van der Waals surface area contributed by atoms with E-state index in [1.165, 1.54) is 12.1 Å². The maximum atomic E-state index is 13.1. The number of halogens is 1. The Kier molecular flexibility index (Phi) is 2.97. The second-order valence-corrected chi connectivity index (χ2v) is 5.43. The molecule has 0 aliphatic heterocycles. The summed E-state index contributed by atoms with van der Waals surface area (Å²) in [6.45, 7) is 2.13. The van der Waals surface area contributed by atoms with E-state index < -0.39 is 0 Å². The third kappa shape index (κ3) is 2.11. The smallest absolute Gasteiger partial charge is 0.281 e. The van der Waals surface area contributed by atoms with Crippen LogP contribution >= 0.6 is 0 Å². The normalized spacial score (nSPS) is 11.4. The predicted octanol–water partition coefficient (Wildman–Crippen LogP) is 2.54. The SMILES string of the molecule is Cc1nnc2n(Cc3ccc(F)cc3)c3ccccc3n2c1=O. The Morgan fingerprint density at radius 3 is 2.43 bits per heavy atom. The van der Waals surface area contributed by atoms with Crippen molar-refractivity contribution in [2.24, 2.45) is 0 Å². The minimum Gasteiger partial charge on any atom is -0.304 e. The number of imidazole rings is 1. The van der Waals surface area contributed by atoms with Crippen LogP contribution in [0.25, 0.3) is 16.8 Å². The van der Waals surface area contributed by atoms with E-state index in [4.69, 9.17) is 0 Å². The number of para-hydroxylation sites is 2. The van der Waals surface area contributed by atoms with E-state index >= 15 is 0 Å². The first-order chi connectivity index (χ1) is 11.1. The first kappa shape index (κ1) is 13.6. The highest BCUT2D eigenvalue weighted by Gasteiger charge is 2.14. The third-order valence-electron chi connectivity index (χ3n) is 3.91. The van der Waals surface area contributed by atoms with Crippen molar-refractivity contribution in [1.29, 1.82) is 0 Å². The van der Waals surface area contributed by atoms with Crippen molar-refractivity contribution in [3.05, 3.63) is 76.0 Å². The van der Waals surface area contributed by atoms with Crippen LogP contribution in [0.5, 0.6) is 0 Å². The summed E-state index contributed by atoms with van der Waals surface area (Å²) in [7, 11) is 0. The van der Waals surface area contributed by atoms with E-state index in [9.17, 15) is 9.18 Å². The van der Waals surface area contributed by atoms with Gasteiger partial charge in [-0.3, -0.25) is 4.79 Å². The van der Waals surface area contributed by atoms with Gasteiger partial charge in [-0.25, -0.2) is 8.79 Å². The second kappa shape index (κ2) is 5.01. The van der Waals surface area contributed by atoms with Crippen LogP contribution in [0.2, 0.25) is 0 Å². The van der Waals surface area contributed by atoms with E-state index in [2.05, 4.69) is 10.2 Å². The molecule has 0 radical (unpaired) electrons. The molecule has 23 heavy (non-hydrogen) atoms. The Morgan fingerprint density at radius 2 is 1.70 bits per heavy atom. The number of fused-ring (bicyclic) bond motifs is 3. The van der Waals surface area contributed by atoms with Crippen molar-refractivity contribution in [2.75, 3.05) is 0 Å². The summed E-state index contributed by atoms with van der Waals surface area (Å²) in [5.74, 6) is 0.203. The third-order valence-corrected chi connectivity index (χ3v) is 3.91. The zero-order valence-electron chi connectivity index (χ0n) is 12.4. The number of hydrogen-bond acceptors (Lipinski definition) is 3. The van der Waals surface area contributed by atoms with Crippen molar-refractivity contribution in [3.8, 4) is 0 Å². The number of aromatic nitrogens is 4. The fourth-order valence-corrected chi connectivity index (χ4v) is 2.77. The van der Waals surface area contributed by atoms with Gasteiger partial charge in [0.1, 0.15) is 11.5 Å². The summed E-state index contributed by atoms with van der Waals surface area (Å²) in [6.07, 6.45) is 0. The molecule has 0 bridgehead atoms. The molecule has 4 aromatic rings. The van der Waals surface area contributed by atoms with Gasteiger partial charge in [-0.2, -0.15) is 0 Å². The number of benzene rings is 2. The quantitative estimate of drug-likeness (QED) is 0.572. The molecule has 114 valence electrons. The lowest BCUT2D eigenvalue weighted by atomic mass is 10.2. The molecule has 0 atom stereocenters. The second-order valence-electron chi connectivity index (χ2n) is 5.43. The van der Waals surface area contributed by atoms with Crippen molar-refractivity contribution >= 4 is 16.8 Å². The van der Waals surface area contributed by atoms with Crippen LogP contribution in [0.4, 0.5) is 4.39 Å². The Bertz CT molecular complexity index is 1080. The Labute approximate surface area is 130 Å². The van der Waals surface area contributed by atoms with Gasteiger partial charge in [0.15, 0.2) is 0 Å². The summed E-state index contributed by atoms with van der Waals surface area (Å²) < 4.78 is 16.6. The number of aryl methyl sites for hydroxylation is 1. The highest BCUT2D eigenvalue weighted by molar-refractivity contribution is 5.80. The lowest BCUT2D eigenvalue weighted by molar-refractivity contribution is 0.626. The molecular formula is C17H13FN4O. The fourth-order valence-electron chi connectivity index (χ4n) is 2.77. The number of hydrogen-bond donors (Lipinski definition) is 0. The molecule has 2 heterocycles. The van der Waals surface area contributed by atoms with Crippen molar-refractivity contribution in [2.45, 2.75) is 13.5 Å². The largest absolute Gasteiger partial charge is 0.304 e. The molecule has 2 aromatic heterocycles. The standard InChI is InChI=1S/C17H13FN4O/c1-11-16(23)22-15-5-3-2-4-14(15)21(17(22)20-19-11)10-12-6-8-13(18)9-7-12/h2-9H,10H2,1H3. The summed E-state index contributed by atoms with van der Waals surface area (Å²) in [5.41, 5.74) is 2.77. The minimum absolute atomic E-state index is 0.177. The van der Waals surface area contributed by atoms with Crippen LogP contribution < -0.4 is 5.56 Å². The monoisotopic (exact) mass is 308 g/mol. The van der Waals surface area contributed by atoms with Crippen LogP contribution in [0, 0.1) is 12.7 Å². The van der Waals surface area contributed by atoms with Gasteiger partial charge >= 0.3 is 0 Å². The lowest BCUT2D eigenvalue weighted by Crippen LogP contribution is -2.19. The molecule has 0 spiro atoms. The molecule has 0 amide bonds. The Balaban J connectivity index is 2.02. The van der Waals surface area contributed by atoms with Gasteiger partial charge in [-0.1, -0.05) is 24.3 Å². The van der Waals surface area contributed by atoms with Gasteiger partial charge in [0.25, 0.3) is 5.56 Å². The Morgan fingerprint density at radius 1 is 1.00 bits per heavy atom. The number of nitrogens with zero attached hydrogens (tertiary/aromatic N) is 4. The molecule has 0 unspecified atom stereocenters. The average molecular weight is 308 g/mol. The molecule has 5 nitrogen and oxygen atoms in total. The van der Waals surface area contributed by atoms with E-state index in [0.29, 0.717) is 18.0 Å². The minimum atomic E-state index is -0.275. The fraction of sp³-hybridized carbons (Fsp3) is 0.118. The zero-order chi connectivity index (χ0) is 16.0. The molecule has 0 N–H and O–H groups in total. The zero-order valence-corrected chi connectivity index (χ0v) is 12.4.